The van der Waals surface area contributed by atoms with Crippen LogP contribution in [0.1, 0.15) is 49.6 Å². The number of nitrogens with zero attached hydrogens (tertiary/aromatic N) is 2. The molecule has 0 aromatic carbocycles. The van der Waals surface area contributed by atoms with Gasteiger partial charge in [0.25, 0.3) is 0 Å². The summed E-state index contributed by atoms with van der Waals surface area (Å²) in [5.74, 6) is 0.967. The maximum absolute atomic E-state index is 12.8. The maximum atomic E-state index is 12.8. The first-order chi connectivity index (χ1) is 10.4. The summed E-state index contributed by atoms with van der Waals surface area (Å²) >= 11 is 0. The number of likely N-dealkylation sites (tertiary alicyclic amines) is 1. The van der Waals surface area contributed by atoms with Gasteiger partial charge < -0.3 is 14.2 Å². The molecule has 3 rings (SSSR count). The number of aryl methyl sites for hydroxylation is 2. The second-order valence-corrected chi connectivity index (χ2v) is 7.13. The Morgan fingerprint density at radius 2 is 2.23 bits per heavy atom. The number of hydrogen-bond acceptors (Lipinski definition) is 4. The Bertz CT molecular complexity index is 549. The van der Waals surface area contributed by atoms with Gasteiger partial charge >= 0.3 is 0 Å². The fraction of sp³-hybridized carbons (Fsp3) is 0.765. The van der Waals surface area contributed by atoms with Crippen molar-refractivity contribution in [2.45, 2.75) is 65.0 Å². The highest BCUT2D eigenvalue weighted by Gasteiger charge is 2.49. The molecule has 0 N–H and O–H groups in total. The molecule has 2 heterocycles. The normalized spacial score (nSPS) is 31.4. The number of carbonyl (C=O) groups is 1. The molecule has 1 aromatic heterocycles. The number of aromatic nitrogens is 1. The van der Waals surface area contributed by atoms with Crippen molar-refractivity contribution in [2.24, 2.45) is 5.41 Å². The summed E-state index contributed by atoms with van der Waals surface area (Å²) in [6, 6.07) is 0.354. The molecule has 1 saturated carbocycles. The van der Waals surface area contributed by atoms with Gasteiger partial charge in [-0.3, -0.25) is 4.79 Å². The van der Waals surface area contributed by atoms with Crippen LogP contribution in [-0.4, -0.2) is 41.8 Å². The summed E-state index contributed by atoms with van der Waals surface area (Å²) in [6.07, 6.45) is 4.97. The van der Waals surface area contributed by atoms with Crippen molar-refractivity contribution in [2.75, 3.05) is 13.7 Å². The monoisotopic (exact) mass is 306 g/mol. The number of hydrogen-bond donors (Lipinski definition) is 0. The van der Waals surface area contributed by atoms with Crippen molar-refractivity contribution < 1.29 is 14.1 Å². The van der Waals surface area contributed by atoms with Crippen LogP contribution >= 0.6 is 0 Å². The minimum Gasteiger partial charge on any atom is -0.381 e. The molecule has 0 bridgehead atoms. The number of methoxy groups -OCH3 is 1. The van der Waals surface area contributed by atoms with E-state index >= 15 is 0 Å². The SMILES string of the molecule is CO[C@@H]1CC[C@H]2N(C(=O)Cc3c(C)noc3C)CC[C@@]2(C)C1. The fourth-order valence-electron chi connectivity index (χ4n) is 4.29. The lowest BCUT2D eigenvalue weighted by atomic mass is 9.71. The van der Waals surface area contributed by atoms with Gasteiger partial charge in [-0.2, -0.15) is 0 Å². The Morgan fingerprint density at radius 1 is 1.45 bits per heavy atom. The highest BCUT2D eigenvalue weighted by atomic mass is 16.5. The molecular formula is C17H26N2O3. The minimum absolute atomic E-state index is 0.202. The first kappa shape index (κ1) is 15.5. The molecule has 1 aliphatic carbocycles. The third-order valence-electron chi connectivity index (χ3n) is 5.72. The minimum atomic E-state index is 0.202. The van der Waals surface area contributed by atoms with Gasteiger partial charge in [-0.25, -0.2) is 0 Å². The van der Waals surface area contributed by atoms with Crippen LogP contribution in [0, 0.1) is 19.3 Å². The van der Waals surface area contributed by atoms with Crippen LogP contribution in [0.2, 0.25) is 0 Å². The van der Waals surface area contributed by atoms with E-state index in [2.05, 4.69) is 17.0 Å². The second-order valence-electron chi connectivity index (χ2n) is 7.13. The van der Waals surface area contributed by atoms with Gasteiger partial charge in [0.05, 0.1) is 18.2 Å². The van der Waals surface area contributed by atoms with E-state index in [0.29, 0.717) is 18.6 Å². The summed E-state index contributed by atoms with van der Waals surface area (Å²) < 4.78 is 10.7. The molecule has 5 nitrogen and oxygen atoms in total. The van der Waals surface area contributed by atoms with Crippen LogP contribution in [0.4, 0.5) is 0 Å². The zero-order chi connectivity index (χ0) is 15.9. The smallest absolute Gasteiger partial charge is 0.227 e. The van der Waals surface area contributed by atoms with Gasteiger partial charge in [-0.1, -0.05) is 12.1 Å². The lowest BCUT2D eigenvalue weighted by Crippen LogP contribution is -2.47. The number of rotatable bonds is 3. The fourth-order valence-corrected chi connectivity index (χ4v) is 4.29. The molecule has 5 heteroatoms. The standard InChI is InChI=1S/C17H26N2O3/c1-11-14(12(2)22-18-11)9-16(20)19-8-7-17(3)10-13(21-4)5-6-15(17)19/h13,15H,5-10H2,1-4H3/t13-,15-,17+/m1/s1. The van der Waals surface area contributed by atoms with Gasteiger partial charge in [0, 0.05) is 25.3 Å². The number of ether oxygens (including phenoxy) is 1. The molecule has 0 spiro atoms. The van der Waals surface area contributed by atoms with Crippen molar-refractivity contribution >= 4 is 5.91 Å². The molecule has 3 atom stereocenters. The van der Waals surface area contributed by atoms with Crippen LogP contribution in [0.5, 0.6) is 0 Å². The first-order valence-corrected chi connectivity index (χ1v) is 8.18. The van der Waals surface area contributed by atoms with E-state index in [9.17, 15) is 4.79 Å². The van der Waals surface area contributed by atoms with E-state index in [-0.39, 0.29) is 11.3 Å². The second kappa shape index (κ2) is 5.69. The largest absolute Gasteiger partial charge is 0.381 e. The summed E-state index contributed by atoms with van der Waals surface area (Å²) in [7, 11) is 1.80. The molecule has 122 valence electrons. The molecule has 2 fully saturated rings. The van der Waals surface area contributed by atoms with E-state index in [4.69, 9.17) is 9.26 Å². The van der Waals surface area contributed by atoms with Crippen LogP contribution in [-0.2, 0) is 16.0 Å². The zero-order valence-corrected chi connectivity index (χ0v) is 14.0. The molecule has 1 aromatic rings. The average Bonchev–Trinajstić information content (AvgIpc) is 3.00. The van der Waals surface area contributed by atoms with E-state index in [0.717, 1.165) is 49.2 Å². The Kier molecular flexibility index (Phi) is 4.02. The van der Waals surface area contributed by atoms with Gasteiger partial charge in [-0.15, -0.1) is 0 Å². The Balaban J connectivity index is 1.72. The summed E-state index contributed by atoms with van der Waals surface area (Å²) in [5, 5.41) is 3.95. The van der Waals surface area contributed by atoms with Crippen molar-refractivity contribution in [1.82, 2.24) is 10.1 Å². The molecule has 1 saturated heterocycles. The summed E-state index contributed by atoms with van der Waals surface area (Å²) in [4.78, 5) is 14.9. The van der Waals surface area contributed by atoms with Gasteiger partial charge in [0.15, 0.2) is 0 Å². The average molecular weight is 306 g/mol. The highest BCUT2D eigenvalue weighted by molar-refractivity contribution is 5.80. The van der Waals surface area contributed by atoms with Crippen molar-refractivity contribution in [3.05, 3.63) is 17.0 Å². The number of carbonyl (C=O) groups excluding carboxylic acids is 1. The van der Waals surface area contributed by atoms with Crippen molar-refractivity contribution in [3.63, 3.8) is 0 Å². The molecule has 0 unspecified atom stereocenters. The van der Waals surface area contributed by atoms with Crippen LogP contribution in [0.25, 0.3) is 0 Å². The highest BCUT2D eigenvalue weighted by Crippen LogP contribution is 2.47. The van der Waals surface area contributed by atoms with Crippen molar-refractivity contribution in [3.8, 4) is 0 Å². The third kappa shape index (κ3) is 2.56. The Morgan fingerprint density at radius 3 is 2.86 bits per heavy atom. The van der Waals surface area contributed by atoms with E-state index in [1.165, 1.54) is 0 Å². The summed E-state index contributed by atoms with van der Waals surface area (Å²) in [5.41, 5.74) is 1.98. The lowest BCUT2D eigenvalue weighted by Gasteiger charge is -2.42. The first-order valence-electron chi connectivity index (χ1n) is 8.18. The Labute approximate surface area is 132 Å². The third-order valence-corrected chi connectivity index (χ3v) is 5.72. The van der Waals surface area contributed by atoms with Crippen LogP contribution < -0.4 is 0 Å². The molecular weight excluding hydrogens is 280 g/mol. The van der Waals surface area contributed by atoms with Crippen molar-refractivity contribution in [1.29, 1.82) is 0 Å². The predicted octanol–water partition coefficient (Wildman–Crippen LogP) is 2.64. The van der Waals surface area contributed by atoms with Gasteiger partial charge in [0.1, 0.15) is 5.76 Å². The molecule has 1 aliphatic heterocycles. The number of amides is 1. The Hall–Kier alpha value is -1.36. The van der Waals surface area contributed by atoms with Crippen LogP contribution in [0.15, 0.2) is 4.52 Å². The number of fused-ring (bicyclic) bond motifs is 1. The maximum Gasteiger partial charge on any atom is 0.227 e. The van der Waals surface area contributed by atoms with Gasteiger partial charge in [-0.05, 0) is 44.9 Å². The summed E-state index contributed by atoms with van der Waals surface area (Å²) in [6.45, 7) is 6.95. The molecule has 22 heavy (non-hydrogen) atoms. The zero-order valence-electron chi connectivity index (χ0n) is 14.0. The molecule has 2 aliphatic rings. The predicted molar refractivity (Wildman–Crippen MR) is 82.6 cm³/mol. The molecule has 1 amide bonds. The van der Waals surface area contributed by atoms with E-state index in [1.807, 2.05) is 13.8 Å². The van der Waals surface area contributed by atoms with E-state index in [1.54, 1.807) is 7.11 Å². The van der Waals surface area contributed by atoms with Crippen LogP contribution in [0.3, 0.4) is 0 Å². The van der Waals surface area contributed by atoms with Gasteiger partial charge in [0.2, 0.25) is 5.91 Å². The topological polar surface area (TPSA) is 55.6 Å². The quantitative estimate of drug-likeness (QED) is 0.861. The van der Waals surface area contributed by atoms with E-state index < -0.39 is 0 Å². The molecule has 0 radical (unpaired) electrons. The lowest BCUT2D eigenvalue weighted by molar-refractivity contribution is -0.133.